The molecule has 0 bridgehead atoms. The van der Waals surface area contributed by atoms with Crippen molar-refractivity contribution in [2.45, 2.75) is 51.6 Å². The molecule has 3 atom stereocenters. The van der Waals surface area contributed by atoms with Crippen molar-refractivity contribution in [3.63, 3.8) is 0 Å². The molecule has 0 saturated carbocycles. The Hall–Kier alpha value is -1.68. The van der Waals surface area contributed by atoms with Crippen LogP contribution in [-0.4, -0.2) is 28.1 Å². The quantitative estimate of drug-likeness (QED) is 0.480. The van der Waals surface area contributed by atoms with E-state index in [1.807, 2.05) is 6.08 Å². The molecule has 0 aromatic carbocycles. The van der Waals surface area contributed by atoms with Crippen molar-refractivity contribution in [2.24, 2.45) is 11.8 Å². The lowest BCUT2D eigenvalue weighted by atomic mass is 9.90. The highest BCUT2D eigenvalue weighted by molar-refractivity contribution is 5.95. The monoisotopic (exact) mass is 306 g/mol. The van der Waals surface area contributed by atoms with E-state index in [2.05, 4.69) is 19.1 Å². The first-order chi connectivity index (χ1) is 10.5. The van der Waals surface area contributed by atoms with E-state index >= 15 is 0 Å². The van der Waals surface area contributed by atoms with Gasteiger partial charge in [0.1, 0.15) is 0 Å². The summed E-state index contributed by atoms with van der Waals surface area (Å²) in [5.74, 6) is -0.735. The third-order valence-electron chi connectivity index (χ3n) is 3.79. The van der Waals surface area contributed by atoms with Gasteiger partial charge in [0.25, 0.3) is 0 Å². The van der Waals surface area contributed by atoms with Crippen LogP contribution < -0.4 is 0 Å². The first-order valence-corrected chi connectivity index (χ1v) is 7.99. The minimum absolute atomic E-state index is 0.0872. The van der Waals surface area contributed by atoms with Crippen LogP contribution in [0.15, 0.2) is 36.5 Å². The lowest BCUT2D eigenvalue weighted by Crippen LogP contribution is -2.14. The molecule has 4 heteroatoms. The van der Waals surface area contributed by atoms with Crippen molar-refractivity contribution in [3.8, 4) is 0 Å². The Kier molecular flexibility index (Phi) is 8.44. The summed E-state index contributed by atoms with van der Waals surface area (Å²) in [6.45, 7) is 2.07. The van der Waals surface area contributed by atoms with Gasteiger partial charge < -0.3 is 10.2 Å². The lowest BCUT2D eigenvalue weighted by Gasteiger charge is -2.13. The van der Waals surface area contributed by atoms with E-state index in [1.165, 1.54) is 0 Å². The first kappa shape index (κ1) is 18.4. The minimum Gasteiger partial charge on any atom is -0.481 e. The molecule has 22 heavy (non-hydrogen) atoms. The minimum atomic E-state index is -0.810. The molecule has 0 aromatic rings. The second kappa shape index (κ2) is 10.1. The molecule has 0 heterocycles. The van der Waals surface area contributed by atoms with Crippen LogP contribution in [0.25, 0.3) is 0 Å². The lowest BCUT2D eigenvalue weighted by molar-refractivity contribution is -0.137. The van der Waals surface area contributed by atoms with Gasteiger partial charge in [-0.2, -0.15) is 0 Å². The third kappa shape index (κ3) is 6.85. The van der Waals surface area contributed by atoms with E-state index in [1.54, 1.807) is 18.2 Å². The number of carboxylic acids is 1. The van der Waals surface area contributed by atoms with Crippen molar-refractivity contribution in [3.05, 3.63) is 36.5 Å². The van der Waals surface area contributed by atoms with Crippen LogP contribution in [0, 0.1) is 11.8 Å². The van der Waals surface area contributed by atoms with Crippen LogP contribution in [0.4, 0.5) is 0 Å². The van der Waals surface area contributed by atoms with E-state index in [4.69, 9.17) is 5.11 Å². The Morgan fingerprint density at radius 1 is 1.36 bits per heavy atom. The van der Waals surface area contributed by atoms with Gasteiger partial charge in [-0.15, -0.1) is 0 Å². The molecule has 0 aliphatic heterocycles. The maximum atomic E-state index is 11.9. The predicted octanol–water partition coefficient (Wildman–Crippen LogP) is 3.28. The molecular formula is C18H26O4. The zero-order valence-corrected chi connectivity index (χ0v) is 13.1. The number of carbonyl (C=O) groups excluding carboxylic acids is 1. The molecule has 0 amide bonds. The summed E-state index contributed by atoms with van der Waals surface area (Å²) in [4.78, 5) is 22.3. The SMILES string of the molecule is CC/C=C\C[C@H]1C=CC(=O)[C@H]1/C=C/[C@@H](O)CCCCC(=O)O. The van der Waals surface area contributed by atoms with E-state index in [-0.39, 0.29) is 24.0 Å². The number of unbranched alkanes of at least 4 members (excludes halogenated alkanes) is 1. The number of carbonyl (C=O) groups is 2. The molecule has 1 aliphatic rings. The number of rotatable bonds is 10. The highest BCUT2D eigenvalue weighted by atomic mass is 16.4. The number of aliphatic hydroxyl groups excluding tert-OH is 1. The topological polar surface area (TPSA) is 74.6 Å². The molecule has 0 saturated heterocycles. The van der Waals surface area contributed by atoms with Gasteiger partial charge in [-0.25, -0.2) is 0 Å². The second-order valence-electron chi connectivity index (χ2n) is 5.66. The average molecular weight is 306 g/mol. The number of allylic oxidation sites excluding steroid dienone is 5. The van der Waals surface area contributed by atoms with Gasteiger partial charge in [-0.3, -0.25) is 9.59 Å². The number of aliphatic carboxylic acids is 1. The fraction of sp³-hybridized carbons (Fsp3) is 0.556. The van der Waals surface area contributed by atoms with Gasteiger partial charge >= 0.3 is 5.97 Å². The van der Waals surface area contributed by atoms with E-state index < -0.39 is 12.1 Å². The van der Waals surface area contributed by atoms with Gasteiger partial charge in [0.2, 0.25) is 0 Å². The summed E-state index contributed by atoms with van der Waals surface area (Å²) in [7, 11) is 0. The Morgan fingerprint density at radius 3 is 2.82 bits per heavy atom. The number of aliphatic hydroxyl groups is 1. The molecule has 0 spiro atoms. The molecule has 0 fully saturated rings. The highest BCUT2D eigenvalue weighted by Crippen LogP contribution is 2.27. The maximum absolute atomic E-state index is 11.9. The molecule has 1 rings (SSSR count). The van der Waals surface area contributed by atoms with Gasteiger partial charge in [-0.05, 0) is 44.1 Å². The van der Waals surface area contributed by atoms with Gasteiger partial charge in [0, 0.05) is 12.3 Å². The zero-order chi connectivity index (χ0) is 16.4. The smallest absolute Gasteiger partial charge is 0.303 e. The van der Waals surface area contributed by atoms with E-state index in [9.17, 15) is 14.7 Å². The van der Waals surface area contributed by atoms with Crippen LogP contribution in [-0.2, 0) is 9.59 Å². The van der Waals surface area contributed by atoms with Crippen molar-refractivity contribution in [1.29, 1.82) is 0 Å². The summed E-state index contributed by atoms with van der Waals surface area (Å²) in [5.41, 5.74) is 0. The highest BCUT2D eigenvalue weighted by Gasteiger charge is 2.26. The van der Waals surface area contributed by atoms with Crippen molar-refractivity contribution in [1.82, 2.24) is 0 Å². The molecule has 2 N–H and O–H groups in total. The van der Waals surface area contributed by atoms with E-state index in [0.717, 1.165) is 12.8 Å². The molecule has 0 aromatic heterocycles. The molecular weight excluding hydrogens is 280 g/mol. The summed E-state index contributed by atoms with van der Waals surface area (Å²) in [6, 6.07) is 0. The van der Waals surface area contributed by atoms with Crippen molar-refractivity contribution >= 4 is 11.8 Å². The Balaban J connectivity index is 2.39. The van der Waals surface area contributed by atoms with Crippen LogP contribution in [0.5, 0.6) is 0 Å². The largest absolute Gasteiger partial charge is 0.481 e. The fourth-order valence-corrected chi connectivity index (χ4v) is 2.52. The summed E-state index contributed by atoms with van der Waals surface area (Å²) >= 11 is 0. The molecule has 0 radical (unpaired) electrons. The van der Waals surface area contributed by atoms with Crippen molar-refractivity contribution < 1.29 is 19.8 Å². The molecule has 4 nitrogen and oxygen atoms in total. The van der Waals surface area contributed by atoms with Gasteiger partial charge in [-0.1, -0.05) is 37.3 Å². The van der Waals surface area contributed by atoms with Crippen LogP contribution >= 0.6 is 0 Å². The number of ketones is 1. The first-order valence-electron chi connectivity index (χ1n) is 7.99. The standard InChI is InChI=1S/C18H26O4/c1-2-3-4-7-14-10-13-17(20)16(14)12-11-15(19)8-5-6-9-18(21)22/h3-4,10-16,19H,2,5-9H2,1H3,(H,21,22)/b4-3-,12-11+/t14-,15-,16-/m0/s1. The van der Waals surface area contributed by atoms with Crippen LogP contribution in [0.2, 0.25) is 0 Å². The predicted molar refractivity (Wildman–Crippen MR) is 86.4 cm³/mol. The summed E-state index contributed by atoms with van der Waals surface area (Å²) in [5, 5.41) is 18.4. The number of hydrogen-bond acceptors (Lipinski definition) is 3. The summed E-state index contributed by atoms with van der Waals surface area (Å²) < 4.78 is 0. The second-order valence-corrected chi connectivity index (χ2v) is 5.66. The number of hydrogen-bond donors (Lipinski definition) is 2. The van der Waals surface area contributed by atoms with Crippen molar-refractivity contribution in [2.75, 3.05) is 0 Å². The third-order valence-corrected chi connectivity index (χ3v) is 3.79. The molecule has 0 unspecified atom stereocenters. The summed E-state index contributed by atoms with van der Waals surface area (Å²) in [6.07, 6.45) is 14.3. The van der Waals surface area contributed by atoms with Gasteiger partial charge in [0.05, 0.1) is 6.10 Å². The average Bonchev–Trinajstić information content (AvgIpc) is 2.82. The van der Waals surface area contributed by atoms with Crippen LogP contribution in [0.1, 0.15) is 45.4 Å². The Labute approximate surface area is 132 Å². The number of carboxylic acid groups (broad SMARTS) is 1. The Morgan fingerprint density at radius 2 is 2.14 bits per heavy atom. The maximum Gasteiger partial charge on any atom is 0.303 e. The zero-order valence-electron chi connectivity index (χ0n) is 13.1. The van der Waals surface area contributed by atoms with Gasteiger partial charge in [0.15, 0.2) is 5.78 Å². The fourth-order valence-electron chi connectivity index (χ4n) is 2.52. The normalized spacial score (nSPS) is 22.9. The van der Waals surface area contributed by atoms with Crippen LogP contribution in [0.3, 0.4) is 0 Å². The molecule has 1 aliphatic carbocycles. The van der Waals surface area contributed by atoms with E-state index in [0.29, 0.717) is 19.3 Å². The Bertz CT molecular complexity index is 448. The molecule has 122 valence electrons.